The Labute approximate surface area is 173 Å². The second-order valence-corrected chi connectivity index (χ2v) is 7.42. The van der Waals surface area contributed by atoms with Crippen LogP contribution in [0.2, 0.25) is 0 Å². The van der Waals surface area contributed by atoms with Crippen molar-refractivity contribution in [3.63, 3.8) is 0 Å². The van der Waals surface area contributed by atoms with Gasteiger partial charge in [-0.2, -0.15) is 5.10 Å². The van der Waals surface area contributed by atoms with Crippen LogP contribution in [0, 0.1) is 27.7 Å². The molecule has 3 heterocycles. The van der Waals surface area contributed by atoms with Gasteiger partial charge in [0.1, 0.15) is 0 Å². The van der Waals surface area contributed by atoms with E-state index in [9.17, 15) is 4.79 Å². The maximum atomic E-state index is 13.1. The highest BCUT2D eigenvalue weighted by atomic mass is 35.5. The molecule has 0 radical (unpaired) electrons. The molecule has 0 bridgehead atoms. The first-order valence-corrected chi connectivity index (χ1v) is 9.78. The summed E-state index contributed by atoms with van der Waals surface area (Å²) < 4.78 is 1.76. The molecule has 1 aliphatic rings. The Bertz CT molecular complexity index is 808. The molecule has 1 fully saturated rings. The second-order valence-electron chi connectivity index (χ2n) is 7.42. The SMILES string of the molecule is CCCN(C(=O)Cc1c(C)nn(-c2nc(C)cc(C)n2)c1C)C1CCNC1.Cl. The molecule has 2 aromatic heterocycles. The van der Waals surface area contributed by atoms with Crippen LogP contribution in [-0.2, 0) is 11.2 Å². The maximum Gasteiger partial charge on any atom is 0.251 e. The number of nitrogens with zero attached hydrogens (tertiary/aromatic N) is 5. The van der Waals surface area contributed by atoms with Crippen molar-refractivity contribution in [1.82, 2.24) is 30.0 Å². The van der Waals surface area contributed by atoms with E-state index in [0.717, 1.165) is 60.8 Å². The summed E-state index contributed by atoms with van der Waals surface area (Å²) in [6.07, 6.45) is 2.37. The zero-order valence-corrected chi connectivity index (χ0v) is 18.3. The highest BCUT2D eigenvalue weighted by molar-refractivity contribution is 5.85. The zero-order chi connectivity index (χ0) is 19.6. The van der Waals surface area contributed by atoms with E-state index in [0.29, 0.717) is 18.4 Å². The molecule has 2 aromatic rings. The first kappa shape index (κ1) is 22.3. The lowest BCUT2D eigenvalue weighted by atomic mass is 10.1. The van der Waals surface area contributed by atoms with E-state index in [1.807, 2.05) is 38.7 Å². The minimum Gasteiger partial charge on any atom is -0.338 e. The molecule has 3 rings (SSSR count). The predicted molar refractivity (Wildman–Crippen MR) is 112 cm³/mol. The summed E-state index contributed by atoms with van der Waals surface area (Å²) >= 11 is 0. The Kier molecular flexibility index (Phi) is 7.55. The molecule has 154 valence electrons. The zero-order valence-electron chi connectivity index (χ0n) is 17.4. The number of hydrogen-bond donors (Lipinski definition) is 1. The molecular formula is C20H31ClN6O. The van der Waals surface area contributed by atoms with Crippen LogP contribution in [0.1, 0.15) is 48.1 Å². The smallest absolute Gasteiger partial charge is 0.251 e. The van der Waals surface area contributed by atoms with Crippen LogP contribution >= 0.6 is 12.4 Å². The first-order chi connectivity index (χ1) is 12.9. The summed E-state index contributed by atoms with van der Waals surface area (Å²) in [4.78, 5) is 24.1. The van der Waals surface area contributed by atoms with Gasteiger partial charge in [0.2, 0.25) is 5.91 Å². The summed E-state index contributed by atoms with van der Waals surface area (Å²) in [5.74, 6) is 0.745. The lowest BCUT2D eigenvalue weighted by molar-refractivity contribution is -0.132. The van der Waals surface area contributed by atoms with Crippen molar-refractivity contribution >= 4 is 18.3 Å². The fourth-order valence-corrected chi connectivity index (χ4v) is 3.84. The number of halogens is 1. The van der Waals surface area contributed by atoms with E-state index in [-0.39, 0.29) is 18.3 Å². The molecule has 7 nitrogen and oxygen atoms in total. The molecule has 8 heteroatoms. The minimum absolute atomic E-state index is 0. The third-order valence-electron chi connectivity index (χ3n) is 5.19. The van der Waals surface area contributed by atoms with Crippen LogP contribution in [0.15, 0.2) is 6.07 Å². The van der Waals surface area contributed by atoms with Gasteiger partial charge in [0.05, 0.1) is 12.1 Å². The average Bonchev–Trinajstić information content (AvgIpc) is 3.22. The average molecular weight is 407 g/mol. The third-order valence-corrected chi connectivity index (χ3v) is 5.19. The van der Waals surface area contributed by atoms with Gasteiger partial charge in [-0.05, 0) is 53.1 Å². The molecule has 1 aliphatic heterocycles. The number of nitrogens with one attached hydrogen (secondary N) is 1. The largest absolute Gasteiger partial charge is 0.338 e. The quantitative estimate of drug-likeness (QED) is 0.797. The molecule has 1 N–H and O–H groups in total. The van der Waals surface area contributed by atoms with Gasteiger partial charge >= 0.3 is 0 Å². The monoisotopic (exact) mass is 406 g/mol. The normalized spacial score (nSPS) is 16.1. The topological polar surface area (TPSA) is 75.9 Å². The maximum absolute atomic E-state index is 13.1. The van der Waals surface area contributed by atoms with E-state index in [1.165, 1.54) is 0 Å². The van der Waals surface area contributed by atoms with Gasteiger partial charge in [0.15, 0.2) is 0 Å². The fraction of sp³-hybridized carbons (Fsp3) is 0.600. The van der Waals surface area contributed by atoms with E-state index in [1.54, 1.807) is 4.68 Å². The fourth-order valence-electron chi connectivity index (χ4n) is 3.84. The van der Waals surface area contributed by atoms with Crippen LogP contribution in [0.25, 0.3) is 5.95 Å². The van der Waals surface area contributed by atoms with Crippen LogP contribution < -0.4 is 5.32 Å². The first-order valence-electron chi connectivity index (χ1n) is 9.78. The van der Waals surface area contributed by atoms with Crippen molar-refractivity contribution < 1.29 is 4.79 Å². The standard InChI is InChI=1S/C20H30N6O.ClH/c1-6-9-25(17-7-8-21-12-17)19(27)11-18-15(4)24-26(16(18)5)20-22-13(2)10-14(3)23-20;/h10,17,21H,6-9,11-12H2,1-5H3;1H. The van der Waals surface area contributed by atoms with Crippen molar-refractivity contribution in [2.75, 3.05) is 19.6 Å². The number of hydrogen-bond acceptors (Lipinski definition) is 5. The lowest BCUT2D eigenvalue weighted by Crippen LogP contribution is -2.43. The molecule has 0 spiro atoms. The summed E-state index contributed by atoms with van der Waals surface area (Å²) in [7, 11) is 0. The molecule has 1 unspecified atom stereocenters. The summed E-state index contributed by atoms with van der Waals surface area (Å²) in [5, 5.41) is 7.99. The van der Waals surface area contributed by atoms with Gasteiger partial charge in [-0.3, -0.25) is 4.79 Å². The number of aromatic nitrogens is 4. The van der Waals surface area contributed by atoms with Crippen molar-refractivity contribution in [2.45, 2.75) is 59.9 Å². The minimum atomic E-state index is 0. The van der Waals surface area contributed by atoms with Gasteiger partial charge < -0.3 is 10.2 Å². The number of aryl methyl sites for hydroxylation is 3. The van der Waals surface area contributed by atoms with Gasteiger partial charge in [-0.15, -0.1) is 12.4 Å². The number of rotatable bonds is 6. The van der Waals surface area contributed by atoms with Crippen molar-refractivity contribution in [3.8, 4) is 5.95 Å². The molecule has 0 aliphatic carbocycles. The molecular weight excluding hydrogens is 376 g/mol. The molecule has 1 saturated heterocycles. The van der Waals surface area contributed by atoms with Crippen LogP contribution in [-0.4, -0.2) is 56.2 Å². The summed E-state index contributed by atoms with van der Waals surface area (Å²) in [5.41, 5.74) is 4.60. The summed E-state index contributed by atoms with van der Waals surface area (Å²) in [6.45, 7) is 12.6. The van der Waals surface area contributed by atoms with Gasteiger partial charge in [-0.1, -0.05) is 6.92 Å². The molecule has 1 atom stereocenters. The second kappa shape index (κ2) is 9.47. The Hall–Kier alpha value is -1.99. The molecule has 28 heavy (non-hydrogen) atoms. The van der Waals surface area contributed by atoms with Crippen LogP contribution in [0.3, 0.4) is 0 Å². The Morgan fingerprint density at radius 1 is 1.25 bits per heavy atom. The van der Waals surface area contributed by atoms with Crippen LogP contribution in [0.4, 0.5) is 0 Å². The summed E-state index contributed by atoms with van der Waals surface area (Å²) in [6, 6.07) is 2.24. The van der Waals surface area contributed by atoms with Gasteiger partial charge in [0.25, 0.3) is 5.95 Å². The Morgan fingerprint density at radius 2 is 1.93 bits per heavy atom. The van der Waals surface area contributed by atoms with Gasteiger partial charge in [-0.25, -0.2) is 14.6 Å². The third kappa shape index (κ3) is 4.70. The highest BCUT2D eigenvalue weighted by Gasteiger charge is 2.27. The van der Waals surface area contributed by atoms with Gasteiger partial charge in [0, 0.05) is 41.8 Å². The van der Waals surface area contributed by atoms with Crippen molar-refractivity contribution in [3.05, 3.63) is 34.4 Å². The number of carbonyl (C=O) groups excluding carboxylic acids is 1. The van der Waals surface area contributed by atoms with E-state index < -0.39 is 0 Å². The van der Waals surface area contributed by atoms with E-state index in [4.69, 9.17) is 0 Å². The predicted octanol–water partition coefficient (Wildman–Crippen LogP) is 2.46. The van der Waals surface area contributed by atoms with Crippen molar-refractivity contribution in [1.29, 1.82) is 0 Å². The van der Waals surface area contributed by atoms with E-state index in [2.05, 4.69) is 27.3 Å². The van der Waals surface area contributed by atoms with Crippen molar-refractivity contribution in [2.24, 2.45) is 0 Å². The Morgan fingerprint density at radius 3 is 2.50 bits per heavy atom. The molecule has 1 amide bonds. The Balaban J connectivity index is 0.00000280. The lowest BCUT2D eigenvalue weighted by Gasteiger charge is -2.28. The van der Waals surface area contributed by atoms with E-state index >= 15 is 0 Å². The number of carbonyl (C=O) groups is 1. The van der Waals surface area contributed by atoms with Crippen LogP contribution in [0.5, 0.6) is 0 Å². The highest BCUT2D eigenvalue weighted by Crippen LogP contribution is 2.19. The number of amides is 1. The molecule has 0 saturated carbocycles. The molecule has 0 aromatic carbocycles.